The van der Waals surface area contributed by atoms with Crippen molar-refractivity contribution in [2.24, 2.45) is 7.05 Å². The number of aryl methyl sites for hydroxylation is 2. The number of fused-ring (bicyclic) bond motifs is 1. The molecule has 0 spiro atoms. The highest BCUT2D eigenvalue weighted by Gasteiger charge is 2.34. The van der Waals surface area contributed by atoms with E-state index in [1.54, 1.807) is 30.9 Å². The SMILES string of the molecule is Cn1cc(C(F)(F)F)nc1-c1ccc(CNc2nc(Cl)nc3c2SCC3)cc1. The molecule has 0 saturated heterocycles. The summed E-state index contributed by atoms with van der Waals surface area (Å²) in [4.78, 5) is 13.2. The lowest BCUT2D eigenvalue weighted by Crippen LogP contribution is -2.05. The van der Waals surface area contributed by atoms with Gasteiger partial charge in [-0.3, -0.25) is 0 Å². The summed E-state index contributed by atoms with van der Waals surface area (Å²) in [6.07, 6.45) is -2.60. The number of hydrogen-bond donors (Lipinski definition) is 1. The first-order valence-electron chi connectivity index (χ1n) is 8.44. The summed E-state index contributed by atoms with van der Waals surface area (Å²) in [7, 11) is 1.55. The first-order valence-corrected chi connectivity index (χ1v) is 9.80. The zero-order chi connectivity index (χ0) is 19.9. The molecule has 3 heterocycles. The molecule has 4 rings (SSSR count). The lowest BCUT2D eigenvalue weighted by atomic mass is 10.1. The van der Waals surface area contributed by atoms with E-state index in [0.717, 1.165) is 34.5 Å². The Balaban J connectivity index is 1.50. The van der Waals surface area contributed by atoms with Crippen LogP contribution in [0.3, 0.4) is 0 Å². The van der Waals surface area contributed by atoms with Crippen molar-refractivity contribution in [1.29, 1.82) is 0 Å². The highest BCUT2D eigenvalue weighted by molar-refractivity contribution is 7.99. The Labute approximate surface area is 168 Å². The maximum Gasteiger partial charge on any atom is 0.434 e. The molecule has 3 aromatic rings. The minimum atomic E-state index is -4.46. The van der Waals surface area contributed by atoms with Gasteiger partial charge in [-0.1, -0.05) is 24.3 Å². The fourth-order valence-corrected chi connectivity index (χ4v) is 4.24. The average molecular weight is 426 g/mol. The molecule has 0 saturated carbocycles. The molecule has 1 aromatic carbocycles. The van der Waals surface area contributed by atoms with E-state index in [4.69, 9.17) is 11.6 Å². The molecule has 146 valence electrons. The van der Waals surface area contributed by atoms with Gasteiger partial charge in [-0.25, -0.2) is 9.97 Å². The van der Waals surface area contributed by atoms with Crippen LogP contribution in [0.1, 0.15) is 17.0 Å². The predicted octanol–water partition coefficient (Wildman–Crippen LogP) is 4.81. The lowest BCUT2D eigenvalue weighted by Gasteiger charge is -2.10. The first kappa shape index (κ1) is 19.1. The number of benzene rings is 1. The molecule has 0 radical (unpaired) electrons. The van der Waals surface area contributed by atoms with Gasteiger partial charge < -0.3 is 9.88 Å². The number of rotatable bonds is 4. The number of hydrogen-bond acceptors (Lipinski definition) is 5. The first-order chi connectivity index (χ1) is 13.3. The maximum absolute atomic E-state index is 12.8. The van der Waals surface area contributed by atoms with E-state index >= 15 is 0 Å². The van der Waals surface area contributed by atoms with Crippen LogP contribution in [0.25, 0.3) is 11.4 Å². The van der Waals surface area contributed by atoms with Gasteiger partial charge in [0.25, 0.3) is 0 Å². The van der Waals surface area contributed by atoms with E-state index < -0.39 is 11.9 Å². The molecule has 0 aliphatic carbocycles. The number of imidazole rings is 1. The molecular formula is C18H15ClF3N5S. The van der Waals surface area contributed by atoms with Crippen LogP contribution >= 0.6 is 23.4 Å². The van der Waals surface area contributed by atoms with Crippen LogP contribution in [0, 0.1) is 0 Å². The van der Waals surface area contributed by atoms with Gasteiger partial charge in [-0.15, -0.1) is 11.8 Å². The zero-order valence-electron chi connectivity index (χ0n) is 14.7. The Morgan fingerprint density at radius 3 is 2.61 bits per heavy atom. The highest BCUT2D eigenvalue weighted by Crippen LogP contribution is 2.36. The minimum Gasteiger partial charge on any atom is -0.365 e. The van der Waals surface area contributed by atoms with E-state index in [-0.39, 0.29) is 11.1 Å². The molecule has 1 aliphatic heterocycles. The molecule has 1 aliphatic rings. The van der Waals surface area contributed by atoms with Crippen molar-refractivity contribution in [3.63, 3.8) is 0 Å². The van der Waals surface area contributed by atoms with Crippen LogP contribution in [-0.2, 0) is 26.2 Å². The van der Waals surface area contributed by atoms with Crippen LogP contribution in [0.2, 0.25) is 5.28 Å². The summed E-state index contributed by atoms with van der Waals surface area (Å²) < 4.78 is 39.9. The predicted molar refractivity (Wildman–Crippen MR) is 102 cm³/mol. The molecule has 2 aromatic heterocycles. The number of alkyl halides is 3. The number of nitrogens with one attached hydrogen (secondary N) is 1. The zero-order valence-corrected chi connectivity index (χ0v) is 16.3. The third-order valence-electron chi connectivity index (χ3n) is 4.33. The van der Waals surface area contributed by atoms with Crippen LogP contribution in [0.5, 0.6) is 0 Å². The van der Waals surface area contributed by atoms with Crippen LogP contribution < -0.4 is 5.32 Å². The van der Waals surface area contributed by atoms with Crippen molar-refractivity contribution in [2.75, 3.05) is 11.1 Å². The minimum absolute atomic E-state index is 0.217. The molecular weight excluding hydrogens is 411 g/mol. The van der Waals surface area contributed by atoms with E-state index in [9.17, 15) is 13.2 Å². The van der Waals surface area contributed by atoms with Crippen molar-refractivity contribution >= 4 is 29.2 Å². The second kappa shape index (κ2) is 7.29. The fraction of sp³-hybridized carbons (Fsp3) is 0.278. The van der Waals surface area contributed by atoms with Gasteiger partial charge in [0.1, 0.15) is 11.6 Å². The Bertz CT molecular complexity index is 1020. The molecule has 0 unspecified atom stereocenters. The van der Waals surface area contributed by atoms with E-state index in [2.05, 4.69) is 20.3 Å². The van der Waals surface area contributed by atoms with Crippen molar-refractivity contribution in [3.8, 4) is 11.4 Å². The average Bonchev–Trinajstić information content (AvgIpc) is 3.26. The van der Waals surface area contributed by atoms with Gasteiger partial charge in [0, 0.05) is 37.5 Å². The molecule has 0 bridgehead atoms. The molecule has 0 amide bonds. The summed E-state index contributed by atoms with van der Waals surface area (Å²) in [5.74, 6) is 1.93. The molecule has 10 heteroatoms. The fourth-order valence-electron chi connectivity index (χ4n) is 2.99. The van der Waals surface area contributed by atoms with Crippen LogP contribution in [0.15, 0.2) is 35.4 Å². The number of nitrogens with zero attached hydrogens (tertiary/aromatic N) is 4. The van der Waals surface area contributed by atoms with Gasteiger partial charge in [-0.05, 0) is 17.2 Å². The lowest BCUT2D eigenvalue weighted by molar-refractivity contribution is -0.140. The van der Waals surface area contributed by atoms with Crippen molar-refractivity contribution in [1.82, 2.24) is 19.5 Å². The molecule has 0 atom stereocenters. The monoisotopic (exact) mass is 425 g/mol. The van der Waals surface area contributed by atoms with Gasteiger partial charge in [0.2, 0.25) is 5.28 Å². The third kappa shape index (κ3) is 3.81. The molecule has 5 nitrogen and oxygen atoms in total. The number of halogens is 4. The Morgan fingerprint density at radius 1 is 1.18 bits per heavy atom. The molecule has 1 N–H and O–H groups in total. The standard InChI is InChI=1S/C18H15ClF3N5S/c1-27-9-13(18(20,21)22)25-16(27)11-4-2-10(3-5-11)8-23-15-14-12(6-7-28-14)24-17(19)26-15/h2-5,9H,6-8H2,1H3,(H,23,24,26). The Hall–Kier alpha value is -2.26. The maximum atomic E-state index is 12.8. The summed E-state index contributed by atoms with van der Waals surface area (Å²) >= 11 is 7.68. The summed E-state index contributed by atoms with van der Waals surface area (Å²) in [6, 6.07) is 7.21. The van der Waals surface area contributed by atoms with Crippen LogP contribution in [0.4, 0.5) is 19.0 Å². The summed E-state index contributed by atoms with van der Waals surface area (Å²) in [5, 5.41) is 3.49. The number of aromatic nitrogens is 4. The number of anilines is 1. The van der Waals surface area contributed by atoms with Gasteiger partial charge in [0.05, 0.1) is 10.6 Å². The third-order valence-corrected chi connectivity index (χ3v) is 5.63. The molecule has 0 fully saturated rings. The smallest absolute Gasteiger partial charge is 0.365 e. The van der Waals surface area contributed by atoms with E-state index in [0.29, 0.717) is 17.9 Å². The van der Waals surface area contributed by atoms with Crippen LogP contribution in [-0.4, -0.2) is 25.3 Å². The van der Waals surface area contributed by atoms with Gasteiger partial charge in [-0.2, -0.15) is 18.2 Å². The summed E-state index contributed by atoms with van der Waals surface area (Å²) in [6.45, 7) is 0.509. The van der Waals surface area contributed by atoms with E-state index in [1.807, 2.05) is 12.1 Å². The van der Waals surface area contributed by atoms with Gasteiger partial charge in [0.15, 0.2) is 5.69 Å². The van der Waals surface area contributed by atoms with Crippen molar-refractivity contribution in [3.05, 3.63) is 52.7 Å². The largest absolute Gasteiger partial charge is 0.434 e. The van der Waals surface area contributed by atoms with Crippen molar-refractivity contribution in [2.45, 2.75) is 24.0 Å². The second-order valence-corrected chi connectivity index (χ2v) is 7.77. The highest BCUT2D eigenvalue weighted by atomic mass is 35.5. The normalized spacial score (nSPS) is 13.6. The quantitative estimate of drug-likeness (QED) is 0.608. The Kier molecular flexibility index (Phi) is 4.96. The molecule has 28 heavy (non-hydrogen) atoms. The van der Waals surface area contributed by atoms with Gasteiger partial charge >= 0.3 is 6.18 Å². The Morgan fingerprint density at radius 2 is 1.93 bits per heavy atom. The van der Waals surface area contributed by atoms with E-state index in [1.165, 1.54) is 4.57 Å². The summed E-state index contributed by atoms with van der Waals surface area (Å²) in [5.41, 5.74) is 1.63. The number of thioether (sulfide) groups is 1. The van der Waals surface area contributed by atoms with Crippen molar-refractivity contribution < 1.29 is 13.2 Å². The second-order valence-electron chi connectivity index (χ2n) is 6.32. The topological polar surface area (TPSA) is 55.6 Å².